The summed E-state index contributed by atoms with van der Waals surface area (Å²) in [4.78, 5) is 24.4. The first kappa shape index (κ1) is 13.7. The molecular formula is C15H20N4O3. The van der Waals surface area contributed by atoms with Gasteiger partial charge in [-0.25, -0.2) is 4.68 Å². The van der Waals surface area contributed by atoms with Gasteiger partial charge >= 0.3 is 5.97 Å². The molecule has 4 fully saturated rings. The van der Waals surface area contributed by atoms with Crippen LogP contribution in [0.25, 0.3) is 0 Å². The number of nitrogens with one attached hydrogen (secondary N) is 1. The van der Waals surface area contributed by atoms with E-state index in [-0.39, 0.29) is 11.9 Å². The Bertz CT molecular complexity index is 598. The maximum atomic E-state index is 12.9. The Morgan fingerprint density at radius 3 is 2.41 bits per heavy atom. The summed E-state index contributed by atoms with van der Waals surface area (Å²) in [5.74, 6) is 0.716. The van der Waals surface area contributed by atoms with E-state index in [2.05, 4.69) is 15.6 Å². The number of rotatable bonds is 3. The van der Waals surface area contributed by atoms with Gasteiger partial charge < -0.3 is 4.74 Å². The lowest BCUT2D eigenvalue weighted by Crippen LogP contribution is -2.61. The van der Waals surface area contributed by atoms with Crippen LogP contribution in [0.2, 0.25) is 0 Å². The van der Waals surface area contributed by atoms with Crippen LogP contribution >= 0.6 is 0 Å². The number of esters is 1. The molecule has 1 N–H and O–H groups in total. The Kier molecular flexibility index (Phi) is 2.83. The summed E-state index contributed by atoms with van der Waals surface area (Å²) in [5, 5.41) is 7.41. The Hall–Kier alpha value is -1.92. The molecule has 0 spiro atoms. The van der Waals surface area contributed by atoms with Crippen molar-refractivity contribution in [1.82, 2.24) is 14.9 Å². The Morgan fingerprint density at radius 1 is 1.18 bits per heavy atom. The largest absolute Gasteiger partial charge is 0.459 e. The van der Waals surface area contributed by atoms with Gasteiger partial charge in [0.25, 0.3) is 0 Å². The first-order valence-electron chi connectivity index (χ1n) is 7.84. The molecule has 7 heteroatoms. The third kappa shape index (κ3) is 2.10. The molecule has 0 saturated heterocycles. The van der Waals surface area contributed by atoms with Crippen molar-refractivity contribution < 1.29 is 14.3 Å². The van der Waals surface area contributed by atoms with E-state index in [0.29, 0.717) is 18.3 Å². The van der Waals surface area contributed by atoms with Crippen LogP contribution in [0.1, 0.15) is 45.4 Å². The molecule has 118 valence electrons. The fourth-order valence-corrected chi connectivity index (χ4v) is 5.36. The van der Waals surface area contributed by atoms with Gasteiger partial charge in [-0.05, 0) is 43.9 Å². The molecule has 2 atom stereocenters. The van der Waals surface area contributed by atoms with Gasteiger partial charge in [-0.15, -0.1) is 10.2 Å². The molecule has 1 amide bonds. The molecule has 0 aliphatic heterocycles. The molecule has 4 saturated carbocycles. The summed E-state index contributed by atoms with van der Waals surface area (Å²) in [6.45, 7) is 1.46. The highest BCUT2D eigenvalue weighted by Crippen LogP contribution is 2.62. The smallest absolute Gasteiger partial charge is 0.303 e. The highest BCUT2D eigenvalue weighted by atomic mass is 16.6. The average Bonchev–Trinajstić information content (AvgIpc) is 2.88. The van der Waals surface area contributed by atoms with E-state index in [1.54, 1.807) is 0 Å². The summed E-state index contributed by atoms with van der Waals surface area (Å²) in [5.41, 5.74) is 2.00. The standard InChI is InChI=1S/C15H20N4O3/c1-10(20)22-15-5-11-2-12(6-15)4-14(3-11,7-15)13(21)18-19-8-16-17-9-19/h8-9,11-12H,2-7H2,1H3,(H,18,21)/t11-,12-,14?,15?/m1/s1. The maximum absolute atomic E-state index is 12.9. The zero-order valence-corrected chi connectivity index (χ0v) is 12.6. The molecule has 1 aromatic rings. The summed E-state index contributed by atoms with van der Waals surface area (Å²) in [6.07, 6.45) is 8.34. The minimum absolute atomic E-state index is 0.00192. The zero-order valence-electron chi connectivity index (χ0n) is 12.6. The van der Waals surface area contributed by atoms with Crippen LogP contribution in [0.15, 0.2) is 12.7 Å². The van der Waals surface area contributed by atoms with E-state index in [4.69, 9.17) is 4.74 Å². The second-order valence-electron chi connectivity index (χ2n) is 7.33. The number of carbonyl (C=O) groups is 2. The van der Waals surface area contributed by atoms with Crippen LogP contribution in [0.3, 0.4) is 0 Å². The van der Waals surface area contributed by atoms with Gasteiger partial charge in [-0.2, -0.15) is 0 Å². The predicted molar refractivity (Wildman–Crippen MR) is 76.0 cm³/mol. The first-order chi connectivity index (χ1) is 10.5. The molecule has 0 unspecified atom stereocenters. The third-order valence-corrected chi connectivity index (χ3v) is 5.50. The number of hydrogen-bond acceptors (Lipinski definition) is 5. The predicted octanol–water partition coefficient (Wildman–Crippen LogP) is 1.25. The number of aromatic nitrogens is 3. The lowest BCUT2D eigenvalue weighted by atomic mass is 9.47. The van der Waals surface area contributed by atoms with E-state index in [1.807, 2.05) is 0 Å². The van der Waals surface area contributed by atoms with Gasteiger partial charge in [0.2, 0.25) is 5.91 Å². The summed E-state index contributed by atoms with van der Waals surface area (Å²) in [6, 6.07) is 0. The molecule has 5 rings (SSSR count). The third-order valence-electron chi connectivity index (χ3n) is 5.50. The van der Waals surface area contributed by atoms with E-state index < -0.39 is 11.0 Å². The van der Waals surface area contributed by atoms with Gasteiger partial charge in [0.1, 0.15) is 18.3 Å². The van der Waals surface area contributed by atoms with Crippen molar-refractivity contribution in [3.63, 3.8) is 0 Å². The summed E-state index contributed by atoms with van der Waals surface area (Å²) in [7, 11) is 0. The molecule has 4 aliphatic rings. The second kappa shape index (κ2) is 4.54. The maximum Gasteiger partial charge on any atom is 0.303 e. The molecule has 0 aromatic carbocycles. The van der Waals surface area contributed by atoms with Crippen molar-refractivity contribution >= 4 is 11.9 Å². The molecule has 22 heavy (non-hydrogen) atoms. The number of carbonyl (C=O) groups excluding carboxylic acids is 2. The Morgan fingerprint density at radius 2 is 1.82 bits per heavy atom. The average molecular weight is 304 g/mol. The Balaban J connectivity index is 1.61. The van der Waals surface area contributed by atoms with Gasteiger partial charge in [-0.1, -0.05) is 0 Å². The van der Waals surface area contributed by atoms with Crippen LogP contribution in [0.5, 0.6) is 0 Å². The highest BCUT2D eigenvalue weighted by Gasteiger charge is 2.62. The van der Waals surface area contributed by atoms with E-state index in [1.165, 1.54) is 24.3 Å². The molecule has 7 nitrogen and oxygen atoms in total. The van der Waals surface area contributed by atoms with Crippen molar-refractivity contribution in [1.29, 1.82) is 0 Å². The first-order valence-corrected chi connectivity index (χ1v) is 7.84. The Labute approximate surface area is 128 Å². The fraction of sp³-hybridized carbons (Fsp3) is 0.733. The lowest BCUT2D eigenvalue weighted by molar-refractivity contribution is -0.200. The lowest BCUT2D eigenvalue weighted by Gasteiger charge is -2.60. The van der Waals surface area contributed by atoms with E-state index >= 15 is 0 Å². The molecular weight excluding hydrogens is 284 g/mol. The van der Waals surface area contributed by atoms with Crippen molar-refractivity contribution in [2.24, 2.45) is 17.3 Å². The summed E-state index contributed by atoms with van der Waals surface area (Å²) < 4.78 is 7.20. The topological polar surface area (TPSA) is 86.1 Å². The SMILES string of the molecule is CC(=O)OC12C[C@@H]3C[C@@H](C1)CC(C(=O)Nn1cnnc1)(C3)C2. The van der Waals surface area contributed by atoms with Gasteiger partial charge in [-0.3, -0.25) is 15.0 Å². The van der Waals surface area contributed by atoms with E-state index in [9.17, 15) is 9.59 Å². The minimum Gasteiger partial charge on any atom is -0.459 e. The quantitative estimate of drug-likeness (QED) is 0.849. The summed E-state index contributed by atoms with van der Waals surface area (Å²) >= 11 is 0. The molecule has 4 aliphatic carbocycles. The molecule has 1 aromatic heterocycles. The van der Waals surface area contributed by atoms with Gasteiger partial charge in [0.05, 0.1) is 5.41 Å². The van der Waals surface area contributed by atoms with Gasteiger partial charge in [0, 0.05) is 13.3 Å². The monoisotopic (exact) mass is 304 g/mol. The highest BCUT2D eigenvalue weighted by molar-refractivity contribution is 5.90. The number of amides is 1. The van der Waals surface area contributed by atoms with Crippen LogP contribution < -0.4 is 5.43 Å². The normalized spacial score (nSPS) is 38.8. The van der Waals surface area contributed by atoms with Crippen LogP contribution in [-0.2, 0) is 14.3 Å². The van der Waals surface area contributed by atoms with Crippen LogP contribution in [0.4, 0.5) is 0 Å². The molecule has 4 bridgehead atoms. The minimum atomic E-state index is -0.430. The second-order valence-corrected chi connectivity index (χ2v) is 7.33. The fourth-order valence-electron chi connectivity index (χ4n) is 5.36. The number of hydrogen-bond donors (Lipinski definition) is 1. The van der Waals surface area contributed by atoms with Crippen molar-refractivity contribution in [3.8, 4) is 0 Å². The number of nitrogens with zero attached hydrogens (tertiary/aromatic N) is 3. The van der Waals surface area contributed by atoms with E-state index in [0.717, 1.165) is 32.1 Å². The molecule has 1 heterocycles. The van der Waals surface area contributed by atoms with Gasteiger partial charge in [0.15, 0.2) is 0 Å². The van der Waals surface area contributed by atoms with Crippen molar-refractivity contribution in [2.75, 3.05) is 5.43 Å². The van der Waals surface area contributed by atoms with Crippen molar-refractivity contribution in [2.45, 2.75) is 51.0 Å². The van der Waals surface area contributed by atoms with Crippen LogP contribution in [-0.4, -0.2) is 32.4 Å². The molecule has 0 radical (unpaired) electrons. The number of ether oxygens (including phenoxy) is 1. The van der Waals surface area contributed by atoms with Crippen molar-refractivity contribution in [3.05, 3.63) is 12.7 Å². The zero-order chi connectivity index (χ0) is 15.4. The van der Waals surface area contributed by atoms with Crippen LogP contribution in [0, 0.1) is 17.3 Å².